The fraction of sp³-hybridized carbons (Fsp3) is 0.333. The van der Waals surface area contributed by atoms with Gasteiger partial charge in [0.25, 0.3) is 0 Å². The van der Waals surface area contributed by atoms with Crippen molar-refractivity contribution in [1.29, 1.82) is 0 Å². The largest absolute Gasteiger partial charge is 0.396 e. The van der Waals surface area contributed by atoms with Crippen LogP contribution in [0.1, 0.15) is 18.0 Å². The molecule has 0 heterocycles. The lowest BCUT2D eigenvalue weighted by Gasteiger charge is -2.12. The second-order valence-electron chi connectivity index (χ2n) is 2.75. The summed E-state index contributed by atoms with van der Waals surface area (Å²) in [5, 5.41) is 8.94. The number of hydrogen-bond acceptors (Lipinski definition) is 2. The molecule has 0 unspecified atom stereocenters. The van der Waals surface area contributed by atoms with E-state index >= 15 is 0 Å². The van der Waals surface area contributed by atoms with E-state index < -0.39 is 11.9 Å². The monoisotopic (exact) mass is 239 g/mol. The van der Waals surface area contributed by atoms with Gasteiger partial charge in [-0.2, -0.15) is 0 Å². The first kappa shape index (κ1) is 13.7. The Morgan fingerprint density at radius 2 is 2.14 bits per heavy atom. The third-order valence-corrected chi connectivity index (χ3v) is 2.14. The van der Waals surface area contributed by atoms with Crippen LogP contribution < -0.4 is 5.73 Å². The molecule has 0 fully saturated rings. The summed E-state index contributed by atoms with van der Waals surface area (Å²) in [7, 11) is 0. The number of nitrogens with two attached hydrogens (primary N) is 1. The third-order valence-electron chi connectivity index (χ3n) is 1.81. The van der Waals surface area contributed by atoms with E-state index in [-0.39, 0.29) is 24.6 Å². The molecule has 0 saturated carbocycles. The fourth-order valence-electron chi connectivity index (χ4n) is 1.15. The normalized spacial score (nSPS) is 12.0. The molecule has 0 aromatic heterocycles. The minimum Gasteiger partial charge on any atom is -0.396 e. The molecule has 1 aromatic rings. The van der Waals surface area contributed by atoms with Crippen LogP contribution in [0.4, 0.5) is 4.39 Å². The molecule has 3 N–H and O–H groups in total. The number of hydrogen-bond donors (Lipinski definition) is 2. The van der Waals surface area contributed by atoms with Crippen molar-refractivity contribution in [1.82, 2.24) is 0 Å². The van der Waals surface area contributed by atoms with Crippen LogP contribution in [0.25, 0.3) is 0 Å². The highest BCUT2D eigenvalue weighted by Crippen LogP contribution is 2.25. The predicted molar refractivity (Wildman–Crippen MR) is 57.3 cm³/mol. The molecule has 0 saturated heterocycles. The highest BCUT2D eigenvalue weighted by molar-refractivity contribution is 6.31. The quantitative estimate of drug-likeness (QED) is 0.851. The number of aliphatic hydroxyl groups is 1. The Bertz CT molecular complexity index is 276. The molecule has 0 aliphatic heterocycles. The molecule has 0 radical (unpaired) electrons. The summed E-state index contributed by atoms with van der Waals surface area (Å²) in [6.07, 6.45) is 0.306. The van der Waals surface area contributed by atoms with Crippen LogP contribution in [0.5, 0.6) is 0 Å². The van der Waals surface area contributed by atoms with Crippen LogP contribution in [0.2, 0.25) is 5.02 Å². The van der Waals surface area contributed by atoms with Gasteiger partial charge in [-0.25, -0.2) is 4.39 Å². The zero-order valence-corrected chi connectivity index (χ0v) is 8.98. The Morgan fingerprint density at radius 3 is 2.64 bits per heavy atom. The molecule has 0 aliphatic rings. The minimum atomic E-state index is -0.543. The number of rotatable bonds is 3. The average Bonchev–Trinajstić information content (AvgIpc) is 2.04. The first-order valence-electron chi connectivity index (χ1n) is 3.97. The van der Waals surface area contributed by atoms with E-state index in [2.05, 4.69) is 0 Å². The summed E-state index contributed by atoms with van der Waals surface area (Å²) < 4.78 is 13.2. The maximum absolute atomic E-state index is 13.2. The molecule has 0 aliphatic carbocycles. The van der Waals surface area contributed by atoms with Crippen molar-refractivity contribution in [2.24, 2.45) is 5.73 Å². The summed E-state index contributed by atoms with van der Waals surface area (Å²) in [4.78, 5) is 0. The van der Waals surface area contributed by atoms with Gasteiger partial charge in [0, 0.05) is 23.2 Å². The van der Waals surface area contributed by atoms with E-state index in [4.69, 9.17) is 22.4 Å². The van der Waals surface area contributed by atoms with Crippen LogP contribution in [-0.4, -0.2) is 11.7 Å². The first-order valence-corrected chi connectivity index (χ1v) is 4.35. The zero-order valence-electron chi connectivity index (χ0n) is 7.41. The van der Waals surface area contributed by atoms with Gasteiger partial charge in [0.05, 0.1) is 0 Å². The Balaban J connectivity index is 0.00000169. The number of halogens is 3. The van der Waals surface area contributed by atoms with Crippen molar-refractivity contribution < 1.29 is 9.50 Å². The van der Waals surface area contributed by atoms with Gasteiger partial charge >= 0.3 is 0 Å². The first-order chi connectivity index (χ1) is 6.16. The van der Waals surface area contributed by atoms with Crippen LogP contribution in [0, 0.1) is 5.82 Å². The van der Waals surface area contributed by atoms with Crippen molar-refractivity contribution in [3.05, 3.63) is 34.6 Å². The van der Waals surface area contributed by atoms with E-state index in [1.165, 1.54) is 12.1 Å². The molecule has 0 amide bonds. The summed E-state index contributed by atoms with van der Waals surface area (Å²) in [5.41, 5.74) is 5.90. The standard InChI is InChI=1S/C9H11ClFNO.ClH/c10-6-2-1-3-7(11)9(6)8(12)4-5-13;/h1-3,8,13H,4-5,12H2;1H/t8-;/m1./s1. The summed E-state index contributed by atoms with van der Waals surface area (Å²) in [6.45, 7) is -0.0775. The molecule has 80 valence electrons. The maximum atomic E-state index is 13.2. The van der Waals surface area contributed by atoms with Crippen molar-refractivity contribution in [3.63, 3.8) is 0 Å². The fourth-order valence-corrected chi connectivity index (χ4v) is 1.45. The van der Waals surface area contributed by atoms with E-state index in [0.29, 0.717) is 11.4 Å². The highest BCUT2D eigenvalue weighted by Gasteiger charge is 2.13. The second-order valence-corrected chi connectivity index (χ2v) is 3.16. The lowest BCUT2D eigenvalue weighted by molar-refractivity contribution is 0.275. The van der Waals surface area contributed by atoms with Crippen molar-refractivity contribution in [3.8, 4) is 0 Å². The second kappa shape index (κ2) is 6.19. The lowest BCUT2D eigenvalue weighted by Crippen LogP contribution is -2.14. The van der Waals surface area contributed by atoms with Crippen LogP contribution in [0.3, 0.4) is 0 Å². The lowest BCUT2D eigenvalue weighted by atomic mass is 10.0. The summed E-state index contributed by atoms with van der Waals surface area (Å²) in [5.74, 6) is -0.423. The van der Waals surface area contributed by atoms with Crippen molar-refractivity contribution >= 4 is 24.0 Å². The van der Waals surface area contributed by atoms with Gasteiger partial charge in [0.2, 0.25) is 0 Å². The van der Waals surface area contributed by atoms with Gasteiger partial charge < -0.3 is 10.8 Å². The molecule has 14 heavy (non-hydrogen) atoms. The van der Waals surface area contributed by atoms with Gasteiger partial charge in [-0.1, -0.05) is 17.7 Å². The maximum Gasteiger partial charge on any atom is 0.129 e. The third kappa shape index (κ3) is 3.10. The molecule has 0 bridgehead atoms. The predicted octanol–water partition coefficient (Wildman–Crippen LogP) is 2.28. The van der Waals surface area contributed by atoms with Crippen molar-refractivity contribution in [2.75, 3.05) is 6.61 Å². The smallest absolute Gasteiger partial charge is 0.129 e. The van der Waals surface area contributed by atoms with E-state index in [0.717, 1.165) is 0 Å². The van der Waals surface area contributed by atoms with Gasteiger partial charge in [0.15, 0.2) is 0 Å². The Hall–Kier alpha value is -0.350. The summed E-state index contributed by atoms with van der Waals surface area (Å²) >= 11 is 5.76. The van der Waals surface area contributed by atoms with Gasteiger partial charge in [-0.15, -0.1) is 12.4 Å². The molecule has 1 rings (SSSR count). The molecule has 2 nitrogen and oxygen atoms in total. The average molecular weight is 240 g/mol. The van der Waals surface area contributed by atoms with Gasteiger partial charge in [-0.05, 0) is 18.6 Å². The molecule has 0 spiro atoms. The Kier molecular flexibility index (Phi) is 6.04. The summed E-state index contributed by atoms with van der Waals surface area (Å²) in [6, 6.07) is 3.86. The van der Waals surface area contributed by atoms with E-state index in [1.54, 1.807) is 6.07 Å². The highest BCUT2D eigenvalue weighted by atomic mass is 35.5. The van der Waals surface area contributed by atoms with Crippen LogP contribution in [0.15, 0.2) is 18.2 Å². The van der Waals surface area contributed by atoms with Crippen LogP contribution in [-0.2, 0) is 0 Å². The Labute approximate surface area is 93.3 Å². The number of aliphatic hydroxyl groups excluding tert-OH is 1. The van der Waals surface area contributed by atoms with E-state index in [9.17, 15) is 4.39 Å². The van der Waals surface area contributed by atoms with E-state index in [1.807, 2.05) is 0 Å². The van der Waals surface area contributed by atoms with Crippen LogP contribution >= 0.6 is 24.0 Å². The molecule has 1 atom stereocenters. The minimum absolute atomic E-state index is 0. The molecule has 1 aromatic carbocycles. The molecular formula is C9H12Cl2FNO. The molecule has 5 heteroatoms. The van der Waals surface area contributed by atoms with Crippen molar-refractivity contribution in [2.45, 2.75) is 12.5 Å². The number of benzene rings is 1. The van der Waals surface area contributed by atoms with Gasteiger partial charge in [-0.3, -0.25) is 0 Å². The Morgan fingerprint density at radius 1 is 1.50 bits per heavy atom. The SMILES string of the molecule is Cl.N[C@H](CCO)c1c(F)cccc1Cl. The topological polar surface area (TPSA) is 46.2 Å². The molecular weight excluding hydrogens is 228 g/mol. The zero-order chi connectivity index (χ0) is 9.84. The van der Waals surface area contributed by atoms with Gasteiger partial charge in [0.1, 0.15) is 5.82 Å².